The van der Waals surface area contributed by atoms with Gasteiger partial charge in [-0.15, -0.1) is 0 Å². The molecule has 0 saturated carbocycles. The van der Waals surface area contributed by atoms with Gasteiger partial charge < -0.3 is 9.80 Å². The molecule has 1 fully saturated rings. The van der Waals surface area contributed by atoms with Gasteiger partial charge in [-0.05, 0) is 36.8 Å². The first-order chi connectivity index (χ1) is 13.8. The predicted molar refractivity (Wildman–Crippen MR) is 116 cm³/mol. The van der Waals surface area contributed by atoms with E-state index in [2.05, 4.69) is 4.90 Å². The van der Waals surface area contributed by atoms with Crippen LogP contribution in [0.15, 0.2) is 53.4 Å². The van der Waals surface area contributed by atoms with Gasteiger partial charge in [0.25, 0.3) is 0 Å². The molecule has 0 unspecified atom stereocenters. The van der Waals surface area contributed by atoms with Crippen LogP contribution in [0.3, 0.4) is 0 Å². The van der Waals surface area contributed by atoms with Crippen LogP contribution in [0.4, 0.5) is 5.69 Å². The quantitative estimate of drug-likeness (QED) is 0.699. The lowest BCUT2D eigenvalue weighted by Gasteiger charge is -2.37. The number of hydrogen-bond donors (Lipinski definition) is 0. The molecular formula is C21H26ClN3O3S. The molecule has 156 valence electrons. The van der Waals surface area contributed by atoms with Crippen molar-refractivity contribution in [2.75, 3.05) is 44.2 Å². The summed E-state index contributed by atoms with van der Waals surface area (Å²) in [6, 6.07) is 14.0. The van der Waals surface area contributed by atoms with Crippen LogP contribution >= 0.6 is 11.6 Å². The van der Waals surface area contributed by atoms with E-state index in [1.807, 2.05) is 25.1 Å². The first kappa shape index (κ1) is 21.6. The van der Waals surface area contributed by atoms with Crippen molar-refractivity contribution in [1.82, 2.24) is 9.21 Å². The van der Waals surface area contributed by atoms with E-state index in [4.69, 9.17) is 11.6 Å². The molecule has 6 nitrogen and oxygen atoms in total. The normalized spacial score (nSPS) is 15.0. The molecule has 29 heavy (non-hydrogen) atoms. The maximum atomic E-state index is 12.8. The fourth-order valence-electron chi connectivity index (χ4n) is 3.48. The Labute approximate surface area is 177 Å². The Hall–Kier alpha value is -2.09. The highest BCUT2D eigenvalue weighted by Gasteiger charge is 2.29. The highest BCUT2D eigenvalue weighted by atomic mass is 35.5. The van der Waals surface area contributed by atoms with E-state index in [1.54, 1.807) is 42.2 Å². The molecule has 8 heteroatoms. The number of nitrogens with zero attached hydrogens (tertiary/aromatic N) is 3. The summed E-state index contributed by atoms with van der Waals surface area (Å²) in [6.07, 6.45) is 0. The molecule has 0 N–H and O–H groups in total. The number of hydrogen-bond acceptors (Lipinski definition) is 4. The van der Waals surface area contributed by atoms with Crippen LogP contribution in [-0.4, -0.2) is 62.8 Å². The monoisotopic (exact) mass is 435 g/mol. The van der Waals surface area contributed by atoms with Gasteiger partial charge in [0.2, 0.25) is 15.9 Å². The Bertz CT molecular complexity index is 958. The second kappa shape index (κ2) is 9.15. The minimum absolute atomic E-state index is 0.149. The maximum absolute atomic E-state index is 12.8. The van der Waals surface area contributed by atoms with Crippen LogP contribution in [0, 0.1) is 6.92 Å². The van der Waals surface area contributed by atoms with Crippen molar-refractivity contribution in [3.8, 4) is 0 Å². The van der Waals surface area contributed by atoms with Gasteiger partial charge in [-0.3, -0.25) is 4.79 Å². The maximum Gasteiger partial charge on any atom is 0.243 e. The summed E-state index contributed by atoms with van der Waals surface area (Å²) in [5.41, 5.74) is 2.21. The van der Waals surface area contributed by atoms with Gasteiger partial charge in [-0.25, -0.2) is 8.42 Å². The SMILES string of the molecule is CCN(CC(=O)N1CCN(c2cc(Cl)ccc2C)CC1)S(=O)(=O)c1ccccc1. The Morgan fingerprint density at radius 2 is 1.72 bits per heavy atom. The third-order valence-corrected chi connectivity index (χ3v) is 7.36. The molecule has 1 aliphatic heterocycles. The number of anilines is 1. The largest absolute Gasteiger partial charge is 0.368 e. The van der Waals surface area contributed by atoms with Gasteiger partial charge in [0.05, 0.1) is 11.4 Å². The van der Waals surface area contributed by atoms with Crippen molar-refractivity contribution in [3.05, 3.63) is 59.1 Å². The van der Waals surface area contributed by atoms with E-state index in [1.165, 1.54) is 4.31 Å². The summed E-state index contributed by atoms with van der Waals surface area (Å²) in [7, 11) is -3.69. The zero-order chi connectivity index (χ0) is 21.0. The summed E-state index contributed by atoms with van der Waals surface area (Å²) >= 11 is 6.13. The highest BCUT2D eigenvalue weighted by Crippen LogP contribution is 2.25. The Morgan fingerprint density at radius 3 is 2.34 bits per heavy atom. The van der Waals surface area contributed by atoms with E-state index in [0.29, 0.717) is 31.2 Å². The lowest BCUT2D eigenvalue weighted by atomic mass is 10.1. The topological polar surface area (TPSA) is 60.9 Å². The molecule has 1 aliphatic rings. The van der Waals surface area contributed by atoms with Crippen LogP contribution in [0.1, 0.15) is 12.5 Å². The summed E-state index contributed by atoms with van der Waals surface area (Å²) in [6.45, 7) is 6.34. The van der Waals surface area contributed by atoms with Crippen LogP contribution in [0.2, 0.25) is 5.02 Å². The number of halogens is 1. The van der Waals surface area contributed by atoms with E-state index in [0.717, 1.165) is 11.3 Å². The lowest BCUT2D eigenvalue weighted by molar-refractivity contribution is -0.131. The Balaban J connectivity index is 1.64. The second-order valence-corrected chi connectivity index (χ2v) is 9.42. The van der Waals surface area contributed by atoms with E-state index in [9.17, 15) is 13.2 Å². The van der Waals surface area contributed by atoms with E-state index < -0.39 is 10.0 Å². The standard InChI is InChI=1S/C21H26ClN3O3S/c1-3-25(29(27,28)19-7-5-4-6-8-19)16-21(26)24-13-11-23(12-14-24)20-15-18(22)10-9-17(20)2/h4-10,15H,3,11-14,16H2,1-2H3. The second-order valence-electron chi connectivity index (χ2n) is 7.04. The van der Waals surface area contributed by atoms with Crippen LogP contribution in [-0.2, 0) is 14.8 Å². The molecule has 0 radical (unpaired) electrons. The lowest BCUT2D eigenvalue weighted by Crippen LogP contribution is -2.52. The van der Waals surface area contributed by atoms with Gasteiger partial charge in [0, 0.05) is 43.4 Å². The molecule has 0 atom stereocenters. The van der Waals surface area contributed by atoms with Crippen molar-refractivity contribution in [2.24, 2.45) is 0 Å². The molecule has 0 spiro atoms. The molecule has 0 aliphatic carbocycles. The Kier molecular flexibility index (Phi) is 6.82. The fourth-order valence-corrected chi connectivity index (χ4v) is 5.07. The molecule has 2 aromatic carbocycles. The summed E-state index contributed by atoms with van der Waals surface area (Å²) < 4.78 is 26.9. The molecule has 2 aromatic rings. The third-order valence-electron chi connectivity index (χ3n) is 5.19. The first-order valence-electron chi connectivity index (χ1n) is 9.67. The summed E-state index contributed by atoms with van der Waals surface area (Å²) in [5, 5.41) is 0.689. The van der Waals surface area contributed by atoms with Crippen molar-refractivity contribution < 1.29 is 13.2 Å². The number of carbonyl (C=O) groups excluding carboxylic acids is 1. The van der Waals surface area contributed by atoms with Crippen molar-refractivity contribution >= 4 is 33.2 Å². The molecule has 0 aromatic heterocycles. The molecule has 1 saturated heterocycles. The number of amides is 1. The van der Waals surface area contributed by atoms with E-state index in [-0.39, 0.29) is 23.9 Å². The first-order valence-corrected chi connectivity index (χ1v) is 11.5. The molecule has 0 bridgehead atoms. The van der Waals surface area contributed by atoms with E-state index >= 15 is 0 Å². The predicted octanol–water partition coefficient (Wildman–Crippen LogP) is 3.01. The highest BCUT2D eigenvalue weighted by molar-refractivity contribution is 7.89. The molecule has 1 amide bonds. The van der Waals surface area contributed by atoms with Crippen LogP contribution in [0.5, 0.6) is 0 Å². The van der Waals surface area contributed by atoms with Crippen LogP contribution in [0.25, 0.3) is 0 Å². The number of carbonyl (C=O) groups is 1. The number of rotatable bonds is 6. The minimum Gasteiger partial charge on any atom is -0.368 e. The zero-order valence-electron chi connectivity index (χ0n) is 16.7. The van der Waals surface area contributed by atoms with Gasteiger partial charge in [-0.1, -0.05) is 42.8 Å². The number of aryl methyl sites for hydroxylation is 1. The van der Waals surface area contributed by atoms with Crippen molar-refractivity contribution in [1.29, 1.82) is 0 Å². The number of sulfonamides is 1. The number of piperazine rings is 1. The smallest absolute Gasteiger partial charge is 0.243 e. The van der Waals surface area contributed by atoms with Gasteiger partial charge in [-0.2, -0.15) is 4.31 Å². The fraction of sp³-hybridized carbons (Fsp3) is 0.381. The zero-order valence-corrected chi connectivity index (χ0v) is 18.3. The number of likely N-dealkylation sites (N-methyl/N-ethyl adjacent to an activating group) is 1. The average molecular weight is 436 g/mol. The third kappa shape index (κ3) is 4.91. The Morgan fingerprint density at radius 1 is 1.07 bits per heavy atom. The number of benzene rings is 2. The van der Waals surface area contributed by atoms with Gasteiger partial charge in [0.1, 0.15) is 0 Å². The van der Waals surface area contributed by atoms with Gasteiger partial charge >= 0.3 is 0 Å². The van der Waals surface area contributed by atoms with Crippen LogP contribution < -0.4 is 4.90 Å². The van der Waals surface area contributed by atoms with Gasteiger partial charge in [0.15, 0.2) is 0 Å². The van der Waals surface area contributed by atoms with Crippen molar-refractivity contribution in [2.45, 2.75) is 18.7 Å². The average Bonchev–Trinajstić information content (AvgIpc) is 2.74. The minimum atomic E-state index is -3.69. The summed E-state index contributed by atoms with van der Waals surface area (Å²) in [4.78, 5) is 16.9. The molecule has 1 heterocycles. The molecular weight excluding hydrogens is 410 g/mol. The molecule has 3 rings (SSSR count). The van der Waals surface area contributed by atoms with Crippen molar-refractivity contribution in [3.63, 3.8) is 0 Å². The summed E-state index contributed by atoms with van der Waals surface area (Å²) in [5.74, 6) is -0.172.